The van der Waals surface area contributed by atoms with E-state index in [1.165, 1.54) is 0 Å². The lowest BCUT2D eigenvalue weighted by Gasteiger charge is -2.32. The molecule has 1 saturated heterocycles. The number of carbonyl (C=O) groups excluding carboxylic acids is 1. The number of nitrogens with zero attached hydrogens (tertiary/aromatic N) is 3. The molecule has 1 atom stereocenters. The van der Waals surface area contributed by atoms with Crippen molar-refractivity contribution in [3.63, 3.8) is 0 Å². The third-order valence-corrected chi connectivity index (χ3v) is 5.73. The van der Waals surface area contributed by atoms with E-state index in [9.17, 15) is 4.79 Å². The van der Waals surface area contributed by atoms with Gasteiger partial charge >= 0.3 is 6.03 Å². The van der Waals surface area contributed by atoms with Crippen LogP contribution < -0.4 is 5.32 Å². The van der Waals surface area contributed by atoms with Crippen molar-refractivity contribution >= 4 is 17.6 Å². The first kappa shape index (κ1) is 20.4. The van der Waals surface area contributed by atoms with Gasteiger partial charge in [-0.15, -0.1) is 0 Å². The van der Waals surface area contributed by atoms with Crippen molar-refractivity contribution in [3.8, 4) is 11.4 Å². The number of hydrogen-bond acceptors (Lipinski definition) is 4. The summed E-state index contributed by atoms with van der Waals surface area (Å²) in [6, 6.07) is 15.5. The van der Waals surface area contributed by atoms with Crippen LogP contribution in [-0.2, 0) is 13.0 Å². The summed E-state index contributed by atoms with van der Waals surface area (Å²) in [5, 5.41) is 7.83. The van der Waals surface area contributed by atoms with E-state index in [-0.39, 0.29) is 6.03 Å². The van der Waals surface area contributed by atoms with E-state index in [0.717, 1.165) is 36.1 Å². The molecule has 0 aliphatic carbocycles. The molecule has 2 aromatic carbocycles. The lowest BCUT2D eigenvalue weighted by molar-refractivity contribution is 0.161. The van der Waals surface area contributed by atoms with E-state index in [0.29, 0.717) is 42.2 Å². The van der Waals surface area contributed by atoms with Crippen molar-refractivity contribution in [3.05, 3.63) is 70.6 Å². The van der Waals surface area contributed by atoms with Crippen LogP contribution in [0.3, 0.4) is 0 Å². The van der Waals surface area contributed by atoms with Crippen LogP contribution in [0.5, 0.6) is 0 Å². The van der Waals surface area contributed by atoms with Crippen LogP contribution in [0.2, 0.25) is 5.02 Å². The number of piperidine rings is 1. The molecule has 1 aliphatic rings. The number of nitrogens with one attached hydrogen (secondary N) is 1. The molecule has 4 rings (SSSR count). The second kappa shape index (κ2) is 9.30. The number of likely N-dealkylation sites (tertiary alicyclic amines) is 1. The molecule has 6 nitrogen and oxygen atoms in total. The quantitative estimate of drug-likeness (QED) is 0.634. The summed E-state index contributed by atoms with van der Waals surface area (Å²) in [6.07, 6.45) is 2.70. The third-order valence-electron chi connectivity index (χ3n) is 5.48. The Bertz CT molecular complexity index is 1000. The van der Waals surface area contributed by atoms with Crippen LogP contribution >= 0.6 is 11.6 Å². The minimum atomic E-state index is -0.0409. The number of urea groups is 1. The highest BCUT2D eigenvalue weighted by Crippen LogP contribution is 2.24. The van der Waals surface area contributed by atoms with Crippen LogP contribution in [0.25, 0.3) is 11.4 Å². The zero-order valence-corrected chi connectivity index (χ0v) is 17.7. The number of rotatable bonds is 5. The zero-order valence-electron chi connectivity index (χ0n) is 17.0. The fourth-order valence-corrected chi connectivity index (χ4v) is 3.95. The summed E-state index contributed by atoms with van der Waals surface area (Å²) in [7, 11) is 0. The Labute approximate surface area is 181 Å². The lowest BCUT2D eigenvalue weighted by Crippen LogP contribution is -2.45. The molecule has 0 radical (unpaired) electrons. The van der Waals surface area contributed by atoms with Crippen molar-refractivity contribution < 1.29 is 9.32 Å². The molecule has 1 unspecified atom stereocenters. The van der Waals surface area contributed by atoms with E-state index >= 15 is 0 Å². The average molecular weight is 425 g/mol. The van der Waals surface area contributed by atoms with E-state index in [1.807, 2.05) is 60.4 Å². The van der Waals surface area contributed by atoms with Gasteiger partial charge in [-0.2, -0.15) is 4.98 Å². The number of halogens is 1. The topological polar surface area (TPSA) is 71.3 Å². The number of aryl methyl sites for hydroxylation is 1. The molecule has 0 spiro atoms. The first-order valence-electron chi connectivity index (χ1n) is 10.2. The molecule has 0 saturated carbocycles. The van der Waals surface area contributed by atoms with Crippen molar-refractivity contribution in [2.75, 3.05) is 13.1 Å². The predicted octanol–water partition coefficient (Wildman–Crippen LogP) is 4.86. The second-order valence-electron chi connectivity index (χ2n) is 7.77. The number of benzene rings is 2. The van der Waals surface area contributed by atoms with Gasteiger partial charge in [-0.05, 0) is 48.9 Å². The Hall–Kier alpha value is -2.86. The molecule has 1 N–H and O–H groups in total. The first-order chi connectivity index (χ1) is 14.6. The summed E-state index contributed by atoms with van der Waals surface area (Å²) in [6.45, 7) is 3.98. The van der Waals surface area contributed by atoms with Gasteiger partial charge in [0.05, 0.1) is 0 Å². The Kier molecular flexibility index (Phi) is 6.33. The highest BCUT2D eigenvalue weighted by Gasteiger charge is 2.25. The summed E-state index contributed by atoms with van der Waals surface area (Å²) in [5.41, 5.74) is 3.13. The van der Waals surface area contributed by atoms with Crippen LogP contribution in [-0.4, -0.2) is 34.2 Å². The smallest absolute Gasteiger partial charge is 0.317 e. The lowest BCUT2D eigenvalue weighted by atomic mass is 9.95. The van der Waals surface area contributed by atoms with Crippen LogP contribution in [0, 0.1) is 12.8 Å². The summed E-state index contributed by atoms with van der Waals surface area (Å²) in [4.78, 5) is 19.1. The van der Waals surface area contributed by atoms with Crippen molar-refractivity contribution in [2.45, 2.75) is 32.7 Å². The first-order valence-corrected chi connectivity index (χ1v) is 10.6. The normalized spacial score (nSPS) is 16.5. The molecular formula is C23H25ClN4O2. The largest absolute Gasteiger partial charge is 0.339 e. The Morgan fingerprint density at radius 2 is 2.03 bits per heavy atom. The highest BCUT2D eigenvalue weighted by atomic mass is 35.5. The van der Waals surface area contributed by atoms with Gasteiger partial charge in [-0.1, -0.05) is 53.2 Å². The minimum absolute atomic E-state index is 0.0409. The Morgan fingerprint density at radius 1 is 1.23 bits per heavy atom. The molecule has 1 aromatic heterocycles. The molecule has 1 fully saturated rings. The molecule has 2 amide bonds. The van der Waals surface area contributed by atoms with Gasteiger partial charge < -0.3 is 14.7 Å². The molecule has 7 heteroatoms. The van der Waals surface area contributed by atoms with Gasteiger partial charge in [0.2, 0.25) is 11.7 Å². The summed E-state index contributed by atoms with van der Waals surface area (Å²) >= 11 is 5.91. The number of aromatic nitrogens is 2. The standard InChI is InChI=1S/C23H25ClN4O2/c1-16-5-2-3-7-20(16)22-26-21(30-27-22)13-18-6-4-12-28(15-18)23(29)25-14-17-8-10-19(24)11-9-17/h2-3,5,7-11,18H,4,6,12-15H2,1H3,(H,25,29). The van der Waals surface area contributed by atoms with E-state index in [2.05, 4.69) is 15.5 Å². The van der Waals surface area contributed by atoms with Gasteiger partial charge in [0.25, 0.3) is 0 Å². The maximum atomic E-state index is 12.6. The van der Waals surface area contributed by atoms with E-state index in [1.54, 1.807) is 0 Å². The van der Waals surface area contributed by atoms with Gasteiger partial charge in [-0.3, -0.25) is 0 Å². The summed E-state index contributed by atoms with van der Waals surface area (Å²) in [5.74, 6) is 1.56. The van der Waals surface area contributed by atoms with Crippen LogP contribution in [0.1, 0.15) is 29.9 Å². The van der Waals surface area contributed by atoms with Gasteiger partial charge in [-0.25, -0.2) is 4.79 Å². The van der Waals surface area contributed by atoms with E-state index < -0.39 is 0 Å². The average Bonchev–Trinajstić information content (AvgIpc) is 3.22. The highest BCUT2D eigenvalue weighted by molar-refractivity contribution is 6.30. The van der Waals surface area contributed by atoms with Crippen LogP contribution in [0.4, 0.5) is 4.79 Å². The number of carbonyl (C=O) groups is 1. The maximum Gasteiger partial charge on any atom is 0.317 e. The molecule has 156 valence electrons. The maximum absolute atomic E-state index is 12.6. The fraction of sp³-hybridized carbons (Fsp3) is 0.348. The minimum Gasteiger partial charge on any atom is -0.339 e. The third kappa shape index (κ3) is 5.00. The predicted molar refractivity (Wildman–Crippen MR) is 116 cm³/mol. The molecule has 0 bridgehead atoms. The fourth-order valence-electron chi connectivity index (χ4n) is 3.83. The number of amides is 2. The molecular weight excluding hydrogens is 400 g/mol. The van der Waals surface area contributed by atoms with Gasteiger partial charge in [0.1, 0.15) is 0 Å². The molecule has 30 heavy (non-hydrogen) atoms. The SMILES string of the molecule is Cc1ccccc1-c1noc(CC2CCCN(C(=O)NCc3ccc(Cl)cc3)C2)n1. The van der Waals surface area contributed by atoms with Gasteiger partial charge in [0.15, 0.2) is 0 Å². The molecule has 1 aliphatic heterocycles. The Balaban J connectivity index is 1.32. The zero-order chi connectivity index (χ0) is 20.9. The molecule has 3 aromatic rings. The van der Waals surface area contributed by atoms with E-state index in [4.69, 9.17) is 16.1 Å². The van der Waals surface area contributed by atoms with Crippen molar-refractivity contribution in [1.29, 1.82) is 0 Å². The number of hydrogen-bond donors (Lipinski definition) is 1. The summed E-state index contributed by atoms with van der Waals surface area (Å²) < 4.78 is 5.50. The Morgan fingerprint density at radius 3 is 2.83 bits per heavy atom. The molecule has 2 heterocycles. The van der Waals surface area contributed by atoms with Crippen molar-refractivity contribution in [1.82, 2.24) is 20.4 Å². The van der Waals surface area contributed by atoms with Gasteiger partial charge in [0, 0.05) is 36.6 Å². The van der Waals surface area contributed by atoms with Crippen LogP contribution in [0.15, 0.2) is 53.1 Å². The second-order valence-corrected chi connectivity index (χ2v) is 8.21. The van der Waals surface area contributed by atoms with Crippen molar-refractivity contribution in [2.24, 2.45) is 5.92 Å². The monoisotopic (exact) mass is 424 g/mol.